The van der Waals surface area contributed by atoms with E-state index in [2.05, 4.69) is 10.4 Å². The van der Waals surface area contributed by atoms with Gasteiger partial charge in [-0.1, -0.05) is 11.6 Å². The molecule has 1 aromatic carbocycles. The smallest absolute Gasteiger partial charge is 0.262 e. The summed E-state index contributed by atoms with van der Waals surface area (Å²) in [4.78, 5) is 11.7. The second-order valence-corrected chi connectivity index (χ2v) is 4.62. The van der Waals surface area contributed by atoms with Crippen molar-refractivity contribution in [3.8, 4) is 5.75 Å². The summed E-state index contributed by atoms with van der Waals surface area (Å²) in [6, 6.07) is 6.81. The number of ether oxygens (including phenoxy) is 2. The molecule has 1 N–H and O–H groups in total. The van der Waals surface area contributed by atoms with Gasteiger partial charge in [0.05, 0.1) is 18.1 Å². The van der Waals surface area contributed by atoms with E-state index in [-0.39, 0.29) is 12.5 Å². The normalized spacial score (nSPS) is 10.4. The number of rotatable bonds is 7. The molecule has 1 amide bonds. The third-order valence-electron chi connectivity index (χ3n) is 2.53. The summed E-state index contributed by atoms with van der Waals surface area (Å²) in [5.74, 6) is 0.322. The number of amides is 1. The van der Waals surface area contributed by atoms with Gasteiger partial charge in [0, 0.05) is 11.6 Å². The Kier molecular flexibility index (Phi) is 5.59. The maximum Gasteiger partial charge on any atom is 0.262 e. The molecule has 2 aromatic rings. The van der Waals surface area contributed by atoms with E-state index >= 15 is 0 Å². The Balaban J connectivity index is 1.78. The Morgan fingerprint density at radius 1 is 1.38 bits per heavy atom. The van der Waals surface area contributed by atoms with Crippen molar-refractivity contribution in [2.75, 3.05) is 18.5 Å². The highest BCUT2D eigenvalue weighted by molar-refractivity contribution is 6.30. The fourth-order valence-electron chi connectivity index (χ4n) is 1.56. The number of halogens is 1. The van der Waals surface area contributed by atoms with Crippen LogP contribution in [-0.2, 0) is 16.3 Å². The quantitative estimate of drug-likeness (QED) is 0.853. The first-order chi connectivity index (χ1) is 10.2. The molecule has 7 heteroatoms. The van der Waals surface area contributed by atoms with E-state index in [1.807, 2.05) is 6.92 Å². The van der Waals surface area contributed by atoms with E-state index in [1.54, 1.807) is 41.3 Å². The average Bonchev–Trinajstić information content (AvgIpc) is 2.92. The van der Waals surface area contributed by atoms with Crippen molar-refractivity contribution >= 4 is 23.2 Å². The van der Waals surface area contributed by atoms with Crippen LogP contribution in [0.15, 0.2) is 36.7 Å². The maximum atomic E-state index is 11.7. The Morgan fingerprint density at radius 2 is 2.14 bits per heavy atom. The number of carbonyl (C=O) groups excluding carboxylic acids is 1. The molecular weight excluding hydrogens is 294 g/mol. The number of anilines is 1. The summed E-state index contributed by atoms with van der Waals surface area (Å²) < 4.78 is 12.1. The molecular formula is C14H16ClN3O3. The summed E-state index contributed by atoms with van der Waals surface area (Å²) >= 11 is 5.77. The van der Waals surface area contributed by atoms with Crippen molar-refractivity contribution < 1.29 is 14.3 Å². The van der Waals surface area contributed by atoms with Gasteiger partial charge in [0.2, 0.25) is 0 Å². The first kappa shape index (κ1) is 15.3. The number of benzene rings is 1. The van der Waals surface area contributed by atoms with E-state index < -0.39 is 0 Å². The first-order valence-electron chi connectivity index (χ1n) is 6.46. The zero-order valence-corrected chi connectivity index (χ0v) is 12.3. The van der Waals surface area contributed by atoms with Crippen LogP contribution in [-0.4, -0.2) is 28.9 Å². The van der Waals surface area contributed by atoms with Crippen LogP contribution in [0.25, 0.3) is 0 Å². The fraction of sp³-hybridized carbons (Fsp3) is 0.286. The third-order valence-corrected chi connectivity index (χ3v) is 2.78. The molecule has 21 heavy (non-hydrogen) atoms. The number of hydrogen-bond acceptors (Lipinski definition) is 4. The van der Waals surface area contributed by atoms with Crippen molar-refractivity contribution in [3.63, 3.8) is 0 Å². The van der Waals surface area contributed by atoms with Gasteiger partial charge in [0.1, 0.15) is 12.5 Å². The molecule has 0 radical (unpaired) electrons. The molecule has 0 spiro atoms. The standard InChI is InChI=1S/C14H16ClN3O3/c1-2-20-10-18-8-12(7-16-18)17-14(19)9-21-13-5-3-11(15)4-6-13/h3-8H,2,9-10H2,1H3,(H,17,19). The van der Waals surface area contributed by atoms with Crippen LogP contribution >= 0.6 is 11.6 Å². The minimum atomic E-state index is -0.263. The van der Waals surface area contributed by atoms with E-state index in [4.69, 9.17) is 21.1 Å². The summed E-state index contributed by atoms with van der Waals surface area (Å²) in [5.41, 5.74) is 0.597. The summed E-state index contributed by atoms with van der Waals surface area (Å²) in [6.07, 6.45) is 3.25. The summed E-state index contributed by atoms with van der Waals surface area (Å²) in [7, 11) is 0. The highest BCUT2D eigenvalue weighted by Gasteiger charge is 2.06. The van der Waals surface area contributed by atoms with Crippen LogP contribution in [0.3, 0.4) is 0 Å². The summed E-state index contributed by atoms with van der Waals surface area (Å²) in [6.45, 7) is 2.78. The molecule has 0 aliphatic rings. The van der Waals surface area contributed by atoms with Gasteiger partial charge >= 0.3 is 0 Å². The number of nitrogens with zero attached hydrogens (tertiary/aromatic N) is 2. The molecule has 0 bridgehead atoms. The Bertz CT molecular complexity index is 583. The molecule has 0 saturated heterocycles. The topological polar surface area (TPSA) is 65.4 Å². The molecule has 0 saturated carbocycles. The van der Waals surface area contributed by atoms with E-state index in [0.717, 1.165) is 0 Å². The van der Waals surface area contributed by atoms with Crippen LogP contribution in [0.4, 0.5) is 5.69 Å². The van der Waals surface area contributed by atoms with Gasteiger partial charge in [0.15, 0.2) is 6.61 Å². The molecule has 2 rings (SSSR count). The van der Waals surface area contributed by atoms with Crippen LogP contribution in [0, 0.1) is 0 Å². The second-order valence-electron chi connectivity index (χ2n) is 4.18. The lowest BCUT2D eigenvalue weighted by molar-refractivity contribution is -0.118. The number of aromatic nitrogens is 2. The van der Waals surface area contributed by atoms with Crippen LogP contribution < -0.4 is 10.1 Å². The first-order valence-corrected chi connectivity index (χ1v) is 6.83. The monoisotopic (exact) mass is 309 g/mol. The van der Waals surface area contributed by atoms with E-state index in [9.17, 15) is 4.79 Å². The molecule has 112 valence electrons. The Labute approximate surface area is 127 Å². The fourth-order valence-corrected chi connectivity index (χ4v) is 1.69. The molecule has 0 atom stereocenters. The van der Waals surface area contributed by atoms with Crippen molar-refractivity contribution in [1.29, 1.82) is 0 Å². The molecule has 6 nitrogen and oxygen atoms in total. The zero-order valence-electron chi connectivity index (χ0n) is 11.6. The van der Waals surface area contributed by atoms with Gasteiger partial charge in [-0.25, -0.2) is 4.68 Å². The summed E-state index contributed by atoms with van der Waals surface area (Å²) in [5, 5.41) is 7.37. The second kappa shape index (κ2) is 7.66. The van der Waals surface area contributed by atoms with Gasteiger partial charge in [-0.2, -0.15) is 5.10 Å². The Hall–Kier alpha value is -2.05. The average molecular weight is 310 g/mol. The van der Waals surface area contributed by atoms with E-state index in [0.29, 0.717) is 29.8 Å². The lowest BCUT2D eigenvalue weighted by atomic mass is 10.3. The van der Waals surface area contributed by atoms with E-state index in [1.165, 1.54) is 0 Å². The van der Waals surface area contributed by atoms with Crippen LogP contribution in [0.1, 0.15) is 6.92 Å². The third kappa shape index (κ3) is 5.09. The molecule has 0 aliphatic heterocycles. The predicted octanol–water partition coefficient (Wildman–Crippen LogP) is 2.55. The molecule has 0 unspecified atom stereocenters. The maximum absolute atomic E-state index is 11.7. The van der Waals surface area contributed by atoms with Crippen LogP contribution in [0.2, 0.25) is 5.02 Å². The SMILES string of the molecule is CCOCn1cc(NC(=O)COc2ccc(Cl)cc2)cn1. The number of hydrogen-bond donors (Lipinski definition) is 1. The van der Waals surface area contributed by atoms with Gasteiger partial charge in [-0.3, -0.25) is 4.79 Å². The van der Waals surface area contributed by atoms with Gasteiger partial charge in [-0.15, -0.1) is 0 Å². The highest BCUT2D eigenvalue weighted by Crippen LogP contribution is 2.15. The predicted molar refractivity (Wildman–Crippen MR) is 79.4 cm³/mol. The number of carbonyl (C=O) groups is 1. The van der Waals surface area contributed by atoms with Crippen molar-refractivity contribution in [1.82, 2.24) is 9.78 Å². The molecule has 1 aromatic heterocycles. The van der Waals surface area contributed by atoms with Crippen molar-refractivity contribution in [3.05, 3.63) is 41.7 Å². The molecule has 0 aliphatic carbocycles. The largest absolute Gasteiger partial charge is 0.484 e. The molecule has 0 fully saturated rings. The zero-order chi connectivity index (χ0) is 15.1. The minimum absolute atomic E-state index is 0.0850. The lowest BCUT2D eigenvalue weighted by Gasteiger charge is -2.06. The number of nitrogens with one attached hydrogen (secondary N) is 1. The molecule has 1 heterocycles. The van der Waals surface area contributed by atoms with Gasteiger partial charge in [0.25, 0.3) is 5.91 Å². The van der Waals surface area contributed by atoms with Crippen molar-refractivity contribution in [2.45, 2.75) is 13.7 Å². The van der Waals surface area contributed by atoms with Gasteiger partial charge in [-0.05, 0) is 31.2 Å². The highest BCUT2D eigenvalue weighted by atomic mass is 35.5. The Morgan fingerprint density at radius 3 is 2.86 bits per heavy atom. The minimum Gasteiger partial charge on any atom is -0.484 e. The van der Waals surface area contributed by atoms with Crippen molar-refractivity contribution in [2.24, 2.45) is 0 Å². The van der Waals surface area contributed by atoms with Crippen LogP contribution in [0.5, 0.6) is 5.75 Å². The van der Waals surface area contributed by atoms with Gasteiger partial charge < -0.3 is 14.8 Å². The lowest BCUT2D eigenvalue weighted by Crippen LogP contribution is -2.19.